The summed E-state index contributed by atoms with van der Waals surface area (Å²) in [4.78, 5) is 41.1. The summed E-state index contributed by atoms with van der Waals surface area (Å²) >= 11 is 0. The van der Waals surface area contributed by atoms with Crippen LogP contribution in [0.15, 0.2) is 24.3 Å². The number of carbonyl (C=O) groups is 3. The molecule has 1 spiro atoms. The Balaban J connectivity index is 1.90. The van der Waals surface area contributed by atoms with Crippen molar-refractivity contribution in [3.63, 3.8) is 0 Å². The molecule has 2 saturated heterocycles. The Morgan fingerprint density at radius 2 is 2.11 bits per heavy atom. The lowest BCUT2D eigenvalue weighted by Crippen LogP contribution is -2.58. The Hall–Kier alpha value is -2.41. The lowest BCUT2D eigenvalue weighted by atomic mass is 9.81. The first-order valence-corrected chi connectivity index (χ1v) is 9.50. The maximum Gasteiger partial charge on any atom is 0.422 e. The number of rotatable bonds is 5. The standard InChI is InChI=1S/C20H26N2O5/c1-4-10-21-11-9-14(3)20(13-21)18(24)22(19(25)27-20)16-8-6-7-15(12-16)17(23)26-5-2/h6-8,12,14H,4-5,9-11,13H2,1-3H3. The smallest absolute Gasteiger partial charge is 0.422 e. The molecule has 3 rings (SSSR count). The Morgan fingerprint density at radius 3 is 2.81 bits per heavy atom. The minimum Gasteiger partial charge on any atom is -0.462 e. The summed E-state index contributed by atoms with van der Waals surface area (Å²) in [6, 6.07) is 6.34. The molecular weight excluding hydrogens is 348 g/mol. The summed E-state index contributed by atoms with van der Waals surface area (Å²) in [5.74, 6) is -0.920. The number of anilines is 1. The molecule has 2 aliphatic heterocycles. The fourth-order valence-electron chi connectivity index (χ4n) is 3.82. The average molecular weight is 374 g/mol. The van der Waals surface area contributed by atoms with Gasteiger partial charge in [-0.25, -0.2) is 14.5 Å². The number of esters is 1. The molecular formula is C20H26N2O5. The molecule has 1 aromatic rings. The highest BCUT2D eigenvalue weighted by Crippen LogP contribution is 2.39. The topological polar surface area (TPSA) is 76.2 Å². The van der Waals surface area contributed by atoms with Gasteiger partial charge in [0.15, 0.2) is 0 Å². The van der Waals surface area contributed by atoms with Crippen molar-refractivity contribution in [2.24, 2.45) is 5.92 Å². The quantitative estimate of drug-likeness (QED) is 0.738. The molecule has 7 nitrogen and oxygen atoms in total. The summed E-state index contributed by atoms with van der Waals surface area (Å²) in [6.07, 6.45) is 1.07. The zero-order valence-electron chi connectivity index (χ0n) is 16.1. The first-order chi connectivity index (χ1) is 12.9. The van der Waals surface area contributed by atoms with Crippen LogP contribution in [0.5, 0.6) is 0 Å². The van der Waals surface area contributed by atoms with Crippen LogP contribution < -0.4 is 4.90 Å². The van der Waals surface area contributed by atoms with Crippen molar-refractivity contribution in [3.05, 3.63) is 29.8 Å². The first-order valence-electron chi connectivity index (χ1n) is 9.50. The third kappa shape index (κ3) is 3.43. The van der Waals surface area contributed by atoms with Gasteiger partial charge in [-0.2, -0.15) is 0 Å². The highest BCUT2D eigenvalue weighted by Gasteiger charge is 2.59. The summed E-state index contributed by atoms with van der Waals surface area (Å²) in [5, 5.41) is 0. The van der Waals surface area contributed by atoms with Gasteiger partial charge in [0.1, 0.15) is 0 Å². The van der Waals surface area contributed by atoms with E-state index in [2.05, 4.69) is 11.8 Å². The maximum absolute atomic E-state index is 13.3. The van der Waals surface area contributed by atoms with Crippen molar-refractivity contribution in [3.8, 4) is 0 Å². The molecule has 0 saturated carbocycles. The van der Waals surface area contributed by atoms with E-state index in [4.69, 9.17) is 9.47 Å². The number of imide groups is 1. The van der Waals surface area contributed by atoms with Gasteiger partial charge < -0.3 is 9.47 Å². The third-order valence-electron chi connectivity index (χ3n) is 5.31. The summed E-state index contributed by atoms with van der Waals surface area (Å²) in [5.41, 5.74) is -0.544. The molecule has 2 fully saturated rings. The second kappa shape index (κ2) is 7.68. The molecule has 7 heteroatoms. The van der Waals surface area contributed by atoms with Crippen molar-refractivity contribution >= 4 is 23.7 Å². The van der Waals surface area contributed by atoms with Crippen LogP contribution in [0.2, 0.25) is 0 Å². The highest BCUT2D eigenvalue weighted by atomic mass is 16.6. The highest BCUT2D eigenvalue weighted by molar-refractivity contribution is 6.20. The first kappa shape index (κ1) is 19.4. The molecule has 0 bridgehead atoms. The van der Waals surface area contributed by atoms with Gasteiger partial charge in [0, 0.05) is 12.5 Å². The van der Waals surface area contributed by atoms with E-state index < -0.39 is 17.7 Å². The molecule has 1 aromatic carbocycles. The molecule has 2 aliphatic rings. The largest absolute Gasteiger partial charge is 0.462 e. The van der Waals surface area contributed by atoms with E-state index in [0.29, 0.717) is 17.8 Å². The molecule has 0 aliphatic carbocycles. The number of amides is 2. The second-order valence-electron chi connectivity index (χ2n) is 7.13. The van der Waals surface area contributed by atoms with Gasteiger partial charge in [0.25, 0.3) is 5.91 Å². The van der Waals surface area contributed by atoms with Gasteiger partial charge in [-0.1, -0.05) is 19.9 Å². The van der Waals surface area contributed by atoms with Crippen LogP contribution >= 0.6 is 0 Å². The van der Waals surface area contributed by atoms with Gasteiger partial charge in [-0.05, 0) is 51.1 Å². The van der Waals surface area contributed by atoms with Gasteiger partial charge in [0.05, 0.1) is 17.9 Å². The van der Waals surface area contributed by atoms with E-state index in [-0.39, 0.29) is 18.4 Å². The predicted molar refractivity (Wildman–Crippen MR) is 99.6 cm³/mol. The molecule has 0 radical (unpaired) electrons. The molecule has 2 unspecified atom stereocenters. The normalized spacial score (nSPS) is 25.7. The zero-order valence-corrected chi connectivity index (χ0v) is 16.1. The number of hydrogen-bond acceptors (Lipinski definition) is 6. The van der Waals surface area contributed by atoms with Crippen molar-refractivity contribution < 1.29 is 23.9 Å². The van der Waals surface area contributed by atoms with Crippen LogP contribution in [-0.2, 0) is 14.3 Å². The summed E-state index contributed by atoms with van der Waals surface area (Å²) in [7, 11) is 0. The minimum absolute atomic E-state index is 0.0692. The third-order valence-corrected chi connectivity index (χ3v) is 5.31. The number of benzene rings is 1. The SMILES string of the molecule is CCCN1CCC(C)C2(C1)OC(=O)N(c1cccc(C(=O)OCC)c1)C2=O. The van der Waals surface area contributed by atoms with Gasteiger partial charge in [-0.15, -0.1) is 0 Å². The Morgan fingerprint density at radius 1 is 1.33 bits per heavy atom. The Labute approximate surface area is 159 Å². The lowest BCUT2D eigenvalue weighted by Gasteiger charge is -2.41. The number of ether oxygens (including phenoxy) is 2. The number of hydrogen-bond donors (Lipinski definition) is 0. The van der Waals surface area contributed by atoms with Gasteiger partial charge in [0.2, 0.25) is 5.60 Å². The summed E-state index contributed by atoms with van der Waals surface area (Å²) < 4.78 is 10.7. The number of nitrogens with zero attached hydrogens (tertiary/aromatic N) is 2. The molecule has 0 aromatic heterocycles. The van der Waals surface area contributed by atoms with Crippen LogP contribution in [-0.4, -0.2) is 54.7 Å². The number of piperidine rings is 1. The Bertz CT molecular complexity index is 750. The number of likely N-dealkylation sites (tertiary alicyclic amines) is 1. The van der Waals surface area contributed by atoms with Gasteiger partial charge >= 0.3 is 12.1 Å². The van der Waals surface area contributed by atoms with Crippen LogP contribution in [0.1, 0.15) is 44.0 Å². The Kier molecular flexibility index (Phi) is 5.51. The van der Waals surface area contributed by atoms with E-state index in [0.717, 1.165) is 30.8 Å². The van der Waals surface area contributed by atoms with E-state index >= 15 is 0 Å². The molecule has 0 N–H and O–H groups in total. The van der Waals surface area contributed by atoms with E-state index in [1.54, 1.807) is 25.1 Å². The van der Waals surface area contributed by atoms with Crippen LogP contribution in [0.25, 0.3) is 0 Å². The van der Waals surface area contributed by atoms with Gasteiger partial charge in [-0.3, -0.25) is 9.69 Å². The maximum atomic E-state index is 13.3. The monoisotopic (exact) mass is 374 g/mol. The zero-order chi connectivity index (χ0) is 19.6. The van der Waals surface area contributed by atoms with Crippen molar-refractivity contribution in [2.75, 3.05) is 31.1 Å². The summed E-state index contributed by atoms with van der Waals surface area (Å²) in [6.45, 7) is 8.16. The molecule has 27 heavy (non-hydrogen) atoms. The molecule has 2 amide bonds. The lowest BCUT2D eigenvalue weighted by molar-refractivity contribution is -0.140. The van der Waals surface area contributed by atoms with E-state index in [9.17, 15) is 14.4 Å². The average Bonchev–Trinajstić information content (AvgIpc) is 2.89. The van der Waals surface area contributed by atoms with E-state index in [1.807, 2.05) is 6.92 Å². The van der Waals surface area contributed by atoms with Crippen LogP contribution in [0, 0.1) is 5.92 Å². The minimum atomic E-state index is -1.16. The molecule has 146 valence electrons. The molecule has 2 atom stereocenters. The van der Waals surface area contributed by atoms with Crippen LogP contribution in [0.3, 0.4) is 0 Å². The van der Waals surface area contributed by atoms with Crippen molar-refractivity contribution in [1.29, 1.82) is 0 Å². The number of carbonyl (C=O) groups excluding carboxylic acids is 3. The van der Waals surface area contributed by atoms with Crippen molar-refractivity contribution in [1.82, 2.24) is 4.90 Å². The van der Waals surface area contributed by atoms with E-state index in [1.165, 1.54) is 6.07 Å². The second-order valence-corrected chi connectivity index (χ2v) is 7.13. The fraction of sp³-hybridized carbons (Fsp3) is 0.550. The predicted octanol–water partition coefficient (Wildman–Crippen LogP) is 2.84. The fourth-order valence-corrected chi connectivity index (χ4v) is 3.82. The molecule has 2 heterocycles. The van der Waals surface area contributed by atoms with Crippen molar-refractivity contribution in [2.45, 2.75) is 39.2 Å². The van der Waals surface area contributed by atoms with Crippen LogP contribution in [0.4, 0.5) is 10.5 Å².